The van der Waals surface area contributed by atoms with Crippen LogP contribution in [-0.4, -0.2) is 40.3 Å². The maximum Gasteiger partial charge on any atom is 0.199 e. The zero-order valence-corrected chi connectivity index (χ0v) is 10.7. The highest BCUT2D eigenvalue weighted by molar-refractivity contribution is 7.80. The van der Waals surface area contributed by atoms with Crippen molar-refractivity contribution in [3.8, 4) is 0 Å². The Hall–Kier alpha value is -1.63. The van der Waals surface area contributed by atoms with Crippen molar-refractivity contribution in [1.82, 2.24) is 20.8 Å². The summed E-state index contributed by atoms with van der Waals surface area (Å²) in [6.45, 7) is 4.22. The van der Waals surface area contributed by atoms with Crippen LogP contribution in [0.4, 0.5) is 0 Å². The number of fused-ring (bicyclic) bond motifs is 2. The third-order valence-electron chi connectivity index (χ3n) is 3.00. The fourth-order valence-corrected chi connectivity index (χ4v) is 2.39. The molecule has 1 atom stereocenters. The molecule has 0 aromatic heterocycles. The lowest BCUT2D eigenvalue weighted by Crippen LogP contribution is -2.42. The number of nitrogens with zero attached hydrogens (tertiary/aromatic N) is 4. The second-order valence-corrected chi connectivity index (χ2v) is 4.92. The van der Waals surface area contributed by atoms with E-state index in [0.29, 0.717) is 11.0 Å². The van der Waals surface area contributed by atoms with Crippen molar-refractivity contribution in [1.29, 1.82) is 0 Å². The second kappa shape index (κ2) is 3.43. The summed E-state index contributed by atoms with van der Waals surface area (Å²) < 4.78 is 0. The quantitative estimate of drug-likeness (QED) is 0.652. The Bertz CT molecular complexity index is 477. The predicted octanol–water partition coefficient (Wildman–Crippen LogP) is 0.218. The number of amidine groups is 1. The second-order valence-electron chi connectivity index (χ2n) is 4.53. The number of hydrogen-bond acceptors (Lipinski definition) is 5. The van der Waals surface area contributed by atoms with Crippen molar-refractivity contribution < 1.29 is 0 Å². The van der Waals surface area contributed by atoms with Crippen LogP contribution in [0.2, 0.25) is 0 Å². The fourth-order valence-electron chi connectivity index (χ4n) is 2.16. The van der Waals surface area contributed by atoms with E-state index in [1.165, 1.54) is 0 Å². The van der Waals surface area contributed by atoms with Crippen molar-refractivity contribution in [3.63, 3.8) is 0 Å². The monoisotopic (exact) mass is 250 g/mol. The van der Waals surface area contributed by atoms with E-state index in [1.54, 1.807) is 0 Å². The first-order valence-corrected chi connectivity index (χ1v) is 5.95. The Labute approximate surface area is 105 Å². The summed E-state index contributed by atoms with van der Waals surface area (Å²) in [5, 5.41) is 6.76. The molecule has 0 amide bonds. The van der Waals surface area contributed by atoms with E-state index < -0.39 is 0 Å². The van der Waals surface area contributed by atoms with Crippen molar-refractivity contribution in [2.75, 3.05) is 7.05 Å². The van der Waals surface area contributed by atoms with Gasteiger partial charge >= 0.3 is 0 Å². The minimum atomic E-state index is -0.0335. The first-order valence-electron chi connectivity index (χ1n) is 5.54. The standard InChI is InChI=1S/C10H14N6S/c1-5(2)7-12-8-6(4-11-15(8)3)9-13-14-10(17)16(7)9/h4-5,8,13H,1-3H3,(H,14,17). The zero-order valence-electron chi connectivity index (χ0n) is 9.93. The van der Waals surface area contributed by atoms with Gasteiger partial charge in [-0.1, -0.05) is 13.8 Å². The van der Waals surface area contributed by atoms with Crippen LogP contribution in [0, 0.1) is 5.92 Å². The number of hydrazone groups is 1. The molecular formula is C10H14N6S. The fraction of sp³-hybridized carbons (Fsp3) is 0.500. The van der Waals surface area contributed by atoms with Crippen molar-refractivity contribution in [3.05, 3.63) is 11.4 Å². The van der Waals surface area contributed by atoms with Gasteiger partial charge in [0.05, 0.1) is 11.8 Å². The Kier molecular flexibility index (Phi) is 2.12. The molecule has 1 saturated heterocycles. The van der Waals surface area contributed by atoms with Gasteiger partial charge in [-0.05, 0) is 12.2 Å². The van der Waals surface area contributed by atoms with Crippen LogP contribution >= 0.6 is 12.2 Å². The van der Waals surface area contributed by atoms with Gasteiger partial charge in [-0.3, -0.25) is 20.8 Å². The van der Waals surface area contributed by atoms with Crippen LogP contribution in [0.15, 0.2) is 21.5 Å². The lowest BCUT2D eigenvalue weighted by Gasteiger charge is -2.30. The third kappa shape index (κ3) is 1.35. The molecule has 2 N–H and O–H groups in total. The van der Waals surface area contributed by atoms with E-state index in [0.717, 1.165) is 17.2 Å². The summed E-state index contributed by atoms with van der Waals surface area (Å²) >= 11 is 5.28. The van der Waals surface area contributed by atoms with Gasteiger partial charge in [-0.25, -0.2) is 4.99 Å². The highest BCUT2D eigenvalue weighted by atomic mass is 32.1. The van der Waals surface area contributed by atoms with Crippen molar-refractivity contribution in [2.45, 2.75) is 20.0 Å². The summed E-state index contributed by atoms with van der Waals surface area (Å²) in [4.78, 5) is 6.69. The lowest BCUT2D eigenvalue weighted by atomic mass is 10.1. The largest absolute Gasteiger partial charge is 0.283 e. The molecule has 0 aromatic carbocycles. The van der Waals surface area contributed by atoms with Gasteiger partial charge in [0, 0.05) is 13.0 Å². The summed E-state index contributed by atoms with van der Waals surface area (Å²) in [7, 11) is 1.92. The summed E-state index contributed by atoms with van der Waals surface area (Å²) in [5.41, 5.74) is 7.11. The molecule has 0 saturated carbocycles. The van der Waals surface area contributed by atoms with Gasteiger partial charge in [0.1, 0.15) is 11.7 Å². The number of hydrogen-bond donors (Lipinski definition) is 2. The van der Waals surface area contributed by atoms with E-state index in [-0.39, 0.29) is 6.17 Å². The number of hydrazine groups is 1. The van der Waals surface area contributed by atoms with Crippen LogP contribution in [-0.2, 0) is 0 Å². The molecule has 0 aliphatic carbocycles. The molecule has 3 aliphatic heterocycles. The Morgan fingerprint density at radius 3 is 2.88 bits per heavy atom. The minimum absolute atomic E-state index is 0.0335. The van der Waals surface area contributed by atoms with Gasteiger partial charge in [-0.15, -0.1) is 0 Å². The number of thiocarbonyl (C=S) groups is 1. The van der Waals surface area contributed by atoms with Gasteiger partial charge in [0.15, 0.2) is 11.3 Å². The van der Waals surface area contributed by atoms with E-state index in [4.69, 9.17) is 17.2 Å². The first-order chi connectivity index (χ1) is 8.09. The van der Waals surface area contributed by atoms with Gasteiger partial charge < -0.3 is 0 Å². The molecule has 7 heteroatoms. The molecule has 0 spiro atoms. The van der Waals surface area contributed by atoms with E-state index >= 15 is 0 Å². The molecular weight excluding hydrogens is 236 g/mol. The number of likely N-dealkylation sites (N-methyl/N-ethyl adjacent to an activating group) is 1. The molecule has 0 aromatic rings. The average Bonchev–Trinajstić information content (AvgIpc) is 2.83. The smallest absolute Gasteiger partial charge is 0.199 e. The normalized spacial score (nSPS) is 26.0. The zero-order chi connectivity index (χ0) is 12.2. The molecule has 0 bridgehead atoms. The maximum absolute atomic E-state index is 5.28. The number of rotatable bonds is 1. The van der Waals surface area contributed by atoms with Gasteiger partial charge in [0.2, 0.25) is 0 Å². The van der Waals surface area contributed by atoms with Crippen LogP contribution in [0.3, 0.4) is 0 Å². The molecule has 6 nitrogen and oxygen atoms in total. The van der Waals surface area contributed by atoms with Crippen LogP contribution in [0.5, 0.6) is 0 Å². The Balaban J connectivity index is 2.11. The van der Waals surface area contributed by atoms with Gasteiger partial charge in [0.25, 0.3) is 0 Å². The van der Waals surface area contributed by atoms with E-state index in [1.807, 2.05) is 23.2 Å². The van der Waals surface area contributed by atoms with Gasteiger partial charge in [-0.2, -0.15) is 5.10 Å². The molecule has 0 radical (unpaired) electrons. The SMILES string of the molecule is CC(C)C1=NC2C(=C3NNC(=S)N13)C=NN2C. The summed E-state index contributed by atoms with van der Waals surface area (Å²) in [6, 6.07) is 0. The average molecular weight is 250 g/mol. The molecule has 1 fully saturated rings. The highest BCUT2D eigenvalue weighted by Gasteiger charge is 2.39. The van der Waals surface area contributed by atoms with Crippen molar-refractivity contribution >= 4 is 29.4 Å². The van der Waals surface area contributed by atoms with Crippen molar-refractivity contribution in [2.24, 2.45) is 16.0 Å². The van der Waals surface area contributed by atoms with E-state index in [9.17, 15) is 0 Å². The molecule has 90 valence electrons. The minimum Gasteiger partial charge on any atom is -0.283 e. The lowest BCUT2D eigenvalue weighted by molar-refractivity contribution is 0.308. The van der Waals surface area contributed by atoms with Crippen LogP contribution < -0.4 is 10.9 Å². The number of aliphatic imine (C=N–C) groups is 1. The summed E-state index contributed by atoms with van der Waals surface area (Å²) in [6.07, 6.45) is 1.80. The maximum atomic E-state index is 5.28. The topological polar surface area (TPSA) is 55.3 Å². The summed E-state index contributed by atoms with van der Waals surface area (Å²) in [5.74, 6) is 2.22. The first kappa shape index (κ1) is 10.5. The Morgan fingerprint density at radius 2 is 2.18 bits per heavy atom. The third-order valence-corrected chi connectivity index (χ3v) is 3.28. The molecule has 3 aliphatic rings. The molecule has 3 heterocycles. The highest BCUT2D eigenvalue weighted by Crippen LogP contribution is 2.29. The molecule has 3 rings (SSSR count). The number of nitrogens with one attached hydrogen (secondary N) is 2. The van der Waals surface area contributed by atoms with Crippen LogP contribution in [0.25, 0.3) is 0 Å². The van der Waals surface area contributed by atoms with Crippen LogP contribution in [0.1, 0.15) is 13.8 Å². The molecule has 1 unspecified atom stereocenters. The Morgan fingerprint density at radius 1 is 1.41 bits per heavy atom. The van der Waals surface area contributed by atoms with E-state index in [2.05, 4.69) is 29.8 Å². The predicted molar refractivity (Wildman–Crippen MR) is 70.1 cm³/mol. The molecule has 17 heavy (non-hydrogen) atoms.